The summed E-state index contributed by atoms with van der Waals surface area (Å²) in [6.45, 7) is 2.00. The Morgan fingerprint density at radius 3 is 2.55 bits per heavy atom. The van der Waals surface area contributed by atoms with Crippen LogP contribution in [-0.2, 0) is 10.0 Å². The van der Waals surface area contributed by atoms with Crippen molar-refractivity contribution in [1.82, 2.24) is 4.72 Å². The third kappa shape index (κ3) is 3.73. The second kappa shape index (κ2) is 6.34. The smallest absolute Gasteiger partial charge is 0.209 e. The maximum absolute atomic E-state index is 12.2. The second-order valence-electron chi connectivity index (χ2n) is 6.64. The Hall–Kier alpha value is -0.840. The monoisotopic (exact) mass is 339 g/mol. The first-order valence-corrected chi connectivity index (χ1v) is 9.81. The number of halogens is 1. The number of rotatable bonds is 5. The lowest BCUT2D eigenvalue weighted by Gasteiger charge is -2.27. The molecular formula is C17H22ClNO2S. The minimum atomic E-state index is -3.41. The Bertz CT molecular complexity index is 654. The fourth-order valence-electron chi connectivity index (χ4n) is 4.03. The standard InChI is InChI=1S/C17H22ClNO2S/c1-12(17-11-14-2-5-15(17)10-14)19-22(20,21)9-8-13-3-6-16(18)7-4-13/h3-4,6-9,12,14-15,17,19H,2,5,10-11H2,1H3/b9-8+. The molecule has 0 aromatic heterocycles. The molecule has 2 bridgehead atoms. The Balaban J connectivity index is 1.62. The van der Waals surface area contributed by atoms with Crippen LogP contribution in [0.1, 0.15) is 38.2 Å². The van der Waals surface area contributed by atoms with Crippen LogP contribution in [0.2, 0.25) is 5.02 Å². The van der Waals surface area contributed by atoms with E-state index in [0.717, 1.165) is 11.5 Å². The summed E-state index contributed by atoms with van der Waals surface area (Å²) in [4.78, 5) is 0. The van der Waals surface area contributed by atoms with Crippen LogP contribution < -0.4 is 4.72 Å². The van der Waals surface area contributed by atoms with Crippen molar-refractivity contribution in [2.75, 3.05) is 0 Å². The van der Waals surface area contributed by atoms with E-state index in [4.69, 9.17) is 11.6 Å². The molecule has 2 saturated carbocycles. The van der Waals surface area contributed by atoms with Crippen molar-refractivity contribution in [2.24, 2.45) is 17.8 Å². The highest BCUT2D eigenvalue weighted by Gasteiger charge is 2.42. The summed E-state index contributed by atoms with van der Waals surface area (Å²) >= 11 is 5.82. The molecule has 1 aromatic rings. The molecule has 0 radical (unpaired) electrons. The van der Waals surface area contributed by atoms with Crippen molar-refractivity contribution >= 4 is 27.7 Å². The summed E-state index contributed by atoms with van der Waals surface area (Å²) < 4.78 is 27.3. The molecule has 2 aliphatic carbocycles. The molecule has 4 unspecified atom stereocenters. The molecule has 0 saturated heterocycles. The van der Waals surface area contributed by atoms with Crippen molar-refractivity contribution in [1.29, 1.82) is 0 Å². The van der Waals surface area contributed by atoms with Crippen LogP contribution in [0.3, 0.4) is 0 Å². The van der Waals surface area contributed by atoms with E-state index in [-0.39, 0.29) is 6.04 Å². The Morgan fingerprint density at radius 2 is 1.95 bits per heavy atom. The number of nitrogens with one attached hydrogen (secondary N) is 1. The third-order valence-corrected chi connectivity index (χ3v) is 6.54. The zero-order chi connectivity index (χ0) is 15.7. The summed E-state index contributed by atoms with van der Waals surface area (Å²) in [7, 11) is -3.41. The molecule has 5 heteroatoms. The summed E-state index contributed by atoms with van der Waals surface area (Å²) in [5.74, 6) is 2.03. The van der Waals surface area contributed by atoms with Gasteiger partial charge in [-0.3, -0.25) is 0 Å². The molecule has 2 fully saturated rings. The van der Waals surface area contributed by atoms with E-state index in [1.165, 1.54) is 31.1 Å². The van der Waals surface area contributed by atoms with Crippen LogP contribution >= 0.6 is 11.6 Å². The molecule has 2 aliphatic rings. The fourth-order valence-corrected chi connectivity index (χ4v) is 5.27. The lowest BCUT2D eigenvalue weighted by molar-refractivity contribution is 0.280. The van der Waals surface area contributed by atoms with Crippen molar-refractivity contribution in [3.05, 3.63) is 40.3 Å². The lowest BCUT2D eigenvalue weighted by Crippen LogP contribution is -2.39. The van der Waals surface area contributed by atoms with Gasteiger partial charge in [-0.25, -0.2) is 13.1 Å². The van der Waals surface area contributed by atoms with Gasteiger partial charge in [0.1, 0.15) is 0 Å². The minimum absolute atomic E-state index is 0.00941. The number of sulfonamides is 1. The first-order chi connectivity index (χ1) is 10.4. The Kier molecular flexibility index (Phi) is 4.62. The van der Waals surface area contributed by atoms with Crippen LogP contribution in [0.15, 0.2) is 29.7 Å². The van der Waals surface area contributed by atoms with E-state index in [1.54, 1.807) is 30.3 Å². The fraction of sp³-hybridized carbons (Fsp3) is 0.529. The van der Waals surface area contributed by atoms with Crippen LogP contribution in [0, 0.1) is 17.8 Å². The average Bonchev–Trinajstić information content (AvgIpc) is 3.09. The summed E-state index contributed by atoms with van der Waals surface area (Å²) in [6, 6.07) is 7.11. The minimum Gasteiger partial charge on any atom is -0.209 e. The van der Waals surface area contributed by atoms with Gasteiger partial charge in [0.2, 0.25) is 10.0 Å². The topological polar surface area (TPSA) is 46.2 Å². The predicted octanol–water partition coefficient (Wildman–Crippen LogP) is 4.05. The zero-order valence-electron chi connectivity index (χ0n) is 12.7. The van der Waals surface area contributed by atoms with Gasteiger partial charge in [-0.05, 0) is 67.7 Å². The van der Waals surface area contributed by atoms with Gasteiger partial charge in [-0.1, -0.05) is 30.2 Å². The number of fused-ring (bicyclic) bond motifs is 2. The molecule has 0 aliphatic heterocycles. The molecule has 3 rings (SSSR count). The molecule has 4 atom stereocenters. The summed E-state index contributed by atoms with van der Waals surface area (Å²) in [6.07, 6.45) is 6.66. The number of hydrogen-bond acceptors (Lipinski definition) is 2. The van der Waals surface area contributed by atoms with Gasteiger partial charge in [-0.2, -0.15) is 0 Å². The molecule has 3 nitrogen and oxygen atoms in total. The van der Waals surface area contributed by atoms with Crippen LogP contribution in [0.25, 0.3) is 6.08 Å². The normalized spacial score (nSPS) is 29.3. The van der Waals surface area contributed by atoms with Crippen molar-refractivity contribution in [3.63, 3.8) is 0 Å². The highest BCUT2D eigenvalue weighted by Crippen LogP contribution is 2.49. The molecule has 0 spiro atoms. The van der Waals surface area contributed by atoms with Gasteiger partial charge in [-0.15, -0.1) is 0 Å². The van der Waals surface area contributed by atoms with E-state index < -0.39 is 10.0 Å². The van der Waals surface area contributed by atoms with Crippen molar-refractivity contribution in [3.8, 4) is 0 Å². The Labute approximate surface area is 137 Å². The number of hydrogen-bond donors (Lipinski definition) is 1. The molecular weight excluding hydrogens is 318 g/mol. The second-order valence-corrected chi connectivity index (χ2v) is 8.68. The predicted molar refractivity (Wildman–Crippen MR) is 90.9 cm³/mol. The van der Waals surface area contributed by atoms with Crippen molar-refractivity contribution < 1.29 is 8.42 Å². The van der Waals surface area contributed by atoms with Gasteiger partial charge in [0.05, 0.1) is 0 Å². The van der Waals surface area contributed by atoms with E-state index in [9.17, 15) is 8.42 Å². The first kappa shape index (κ1) is 16.0. The van der Waals surface area contributed by atoms with Crippen LogP contribution in [-0.4, -0.2) is 14.5 Å². The average molecular weight is 340 g/mol. The summed E-state index contributed by atoms with van der Waals surface area (Å²) in [5.41, 5.74) is 0.822. The lowest BCUT2D eigenvalue weighted by atomic mass is 9.84. The highest BCUT2D eigenvalue weighted by atomic mass is 35.5. The Morgan fingerprint density at radius 1 is 1.23 bits per heavy atom. The number of benzene rings is 1. The van der Waals surface area contributed by atoms with Crippen molar-refractivity contribution in [2.45, 2.75) is 38.6 Å². The molecule has 0 amide bonds. The van der Waals surface area contributed by atoms with E-state index in [1.807, 2.05) is 6.92 Å². The van der Waals surface area contributed by atoms with Gasteiger partial charge in [0.15, 0.2) is 0 Å². The van der Waals surface area contributed by atoms with Crippen LogP contribution in [0.4, 0.5) is 0 Å². The molecule has 1 aromatic carbocycles. The highest BCUT2D eigenvalue weighted by molar-refractivity contribution is 7.92. The maximum atomic E-state index is 12.2. The van der Waals surface area contributed by atoms with Gasteiger partial charge < -0.3 is 0 Å². The maximum Gasteiger partial charge on any atom is 0.233 e. The molecule has 1 N–H and O–H groups in total. The third-order valence-electron chi connectivity index (χ3n) is 5.09. The van der Waals surface area contributed by atoms with Gasteiger partial charge in [0, 0.05) is 16.5 Å². The van der Waals surface area contributed by atoms with E-state index >= 15 is 0 Å². The quantitative estimate of drug-likeness (QED) is 0.879. The SMILES string of the molecule is CC(NS(=O)(=O)/C=C/c1ccc(Cl)cc1)C1CC2CCC1C2. The molecule has 0 heterocycles. The first-order valence-electron chi connectivity index (χ1n) is 7.89. The molecule has 120 valence electrons. The van der Waals surface area contributed by atoms with Gasteiger partial charge >= 0.3 is 0 Å². The van der Waals surface area contributed by atoms with Gasteiger partial charge in [0.25, 0.3) is 0 Å². The largest absolute Gasteiger partial charge is 0.233 e. The summed E-state index contributed by atoms with van der Waals surface area (Å²) in [5, 5.41) is 1.89. The molecule has 22 heavy (non-hydrogen) atoms. The van der Waals surface area contributed by atoms with E-state index in [2.05, 4.69) is 4.72 Å². The van der Waals surface area contributed by atoms with Crippen LogP contribution in [0.5, 0.6) is 0 Å². The van der Waals surface area contributed by atoms with E-state index in [0.29, 0.717) is 16.9 Å². The zero-order valence-corrected chi connectivity index (χ0v) is 14.3.